The number of halogens is 1. The third-order valence-corrected chi connectivity index (χ3v) is 4.50. The highest BCUT2D eigenvalue weighted by molar-refractivity contribution is 6.30. The van der Waals surface area contributed by atoms with Crippen LogP contribution in [-0.4, -0.2) is 49.1 Å². The molecule has 0 radical (unpaired) electrons. The van der Waals surface area contributed by atoms with E-state index in [2.05, 4.69) is 9.88 Å². The zero-order valence-corrected chi connectivity index (χ0v) is 15.1. The fraction of sp³-hybridized carbons (Fsp3) is 0.368. The summed E-state index contributed by atoms with van der Waals surface area (Å²) in [6.07, 6.45) is 4.04. The lowest BCUT2D eigenvalue weighted by atomic mass is 10.2. The van der Waals surface area contributed by atoms with Crippen LogP contribution in [0.2, 0.25) is 5.02 Å². The minimum atomic E-state index is -0.0373. The van der Waals surface area contributed by atoms with Crippen molar-refractivity contribution in [3.63, 3.8) is 0 Å². The van der Waals surface area contributed by atoms with Crippen molar-refractivity contribution in [1.29, 1.82) is 0 Å². The first-order valence-corrected chi connectivity index (χ1v) is 8.87. The molecule has 6 heteroatoms. The van der Waals surface area contributed by atoms with Gasteiger partial charge < -0.3 is 14.5 Å². The van der Waals surface area contributed by atoms with E-state index >= 15 is 0 Å². The van der Waals surface area contributed by atoms with Gasteiger partial charge in [-0.1, -0.05) is 17.7 Å². The SMILES string of the molecule is CN(CCOc1cccc(Cl)c1)C(=O)c1cccnc1N1CCCC1. The number of hydrogen-bond acceptors (Lipinski definition) is 4. The van der Waals surface area contributed by atoms with Crippen LogP contribution in [0.4, 0.5) is 5.82 Å². The summed E-state index contributed by atoms with van der Waals surface area (Å²) >= 11 is 5.94. The number of amides is 1. The van der Waals surface area contributed by atoms with Crippen LogP contribution in [0.3, 0.4) is 0 Å². The number of ether oxygens (including phenoxy) is 1. The Balaban J connectivity index is 1.61. The Bertz CT molecular complexity index is 732. The minimum Gasteiger partial charge on any atom is -0.492 e. The third-order valence-electron chi connectivity index (χ3n) is 4.26. The molecule has 2 aromatic rings. The molecule has 0 saturated carbocycles. The second-order valence-corrected chi connectivity index (χ2v) is 6.54. The molecule has 132 valence electrons. The minimum absolute atomic E-state index is 0.0373. The number of benzene rings is 1. The van der Waals surface area contributed by atoms with Gasteiger partial charge >= 0.3 is 0 Å². The predicted octanol–water partition coefficient (Wildman–Crippen LogP) is 3.49. The molecule has 25 heavy (non-hydrogen) atoms. The van der Waals surface area contributed by atoms with Crippen molar-refractivity contribution in [3.05, 3.63) is 53.2 Å². The van der Waals surface area contributed by atoms with E-state index in [1.54, 1.807) is 30.3 Å². The summed E-state index contributed by atoms with van der Waals surface area (Å²) in [4.78, 5) is 21.1. The standard InChI is InChI=1S/C19H22ClN3O2/c1-22(12-13-25-16-7-4-6-15(20)14-16)19(24)17-8-5-9-21-18(17)23-10-2-3-11-23/h4-9,14H,2-3,10-13H2,1H3. The first-order chi connectivity index (χ1) is 12.1. The van der Waals surface area contributed by atoms with E-state index in [1.165, 1.54) is 0 Å². The molecule has 1 saturated heterocycles. The highest BCUT2D eigenvalue weighted by Gasteiger charge is 2.22. The summed E-state index contributed by atoms with van der Waals surface area (Å²) in [5, 5.41) is 0.632. The normalized spacial score (nSPS) is 13.8. The molecule has 0 bridgehead atoms. The highest BCUT2D eigenvalue weighted by atomic mass is 35.5. The maximum atomic E-state index is 12.8. The number of aromatic nitrogens is 1. The molecule has 2 heterocycles. The van der Waals surface area contributed by atoms with Crippen molar-refractivity contribution in [2.75, 3.05) is 38.2 Å². The molecular formula is C19H22ClN3O2. The van der Waals surface area contributed by atoms with Gasteiger partial charge in [0.1, 0.15) is 18.2 Å². The van der Waals surface area contributed by atoms with E-state index in [9.17, 15) is 4.79 Å². The number of hydrogen-bond donors (Lipinski definition) is 0. The highest BCUT2D eigenvalue weighted by Crippen LogP contribution is 2.23. The molecular weight excluding hydrogens is 338 g/mol. The Morgan fingerprint density at radius 1 is 1.28 bits per heavy atom. The van der Waals surface area contributed by atoms with E-state index in [0.717, 1.165) is 31.7 Å². The summed E-state index contributed by atoms with van der Waals surface area (Å²) in [7, 11) is 1.78. The first-order valence-electron chi connectivity index (χ1n) is 8.49. The van der Waals surface area contributed by atoms with Crippen molar-refractivity contribution < 1.29 is 9.53 Å². The second-order valence-electron chi connectivity index (χ2n) is 6.10. The van der Waals surface area contributed by atoms with Gasteiger partial charge in [0.2, 0.25) is 0 Å². The molecule has 0 unspecified atom stereocenters. The fourth-order valence-corrected chi connectivity index (χ4v) is 3.09. The number of rotatable bonds is 6. The van der Waals surface area contributed by atoms with Crippen LogP contribution < -0.4 is 9.64 Å². The Labute approximate surface area is 153 Å². The topological polar surface area (TPSA) is 45.7 Å². The van der Waals surface area contributed by atoms with Crippen LogP contribution in [0.15, 0.2) is 42.6 Å². The predicted molar refractivity (Wildman–Crippen MR) is 99.6 cm³/mol. The number of pyridine rings is 1. The van der Waals surface area contributed by atoms with Crippen molar-refractivity contribution in [2.45, 2.75) is 12.8 Å². The van der Waals surface area contributed by atoms with Crippen molar-refractivity contribution in [2.24, 2.45) is 0 Å². The quantitative estimate of drug-likeness (QED) is 0.792. The Morgan fingerprint density at radius 3 is 2.84 bits per heavy atom. The van der Waals surface area contributed by atoms with Crippen LogP contribution in [-0.2, 0) is 0 Å². The lowest BCUT2D eigenvalue weighted by Gasteiger charge is -2.23. The van der Waals surface area contributed by atoms with Gasteiger partial charge in [0, 0.05) is 31.4 Å². The van der Waals surface area contributed by atoms with Gasteiger partial charge in [0.25, 0.3) is 5.91 Å². The van der Waals surface area contributed by atoms with Gasteiger partial charge in [-0.3, -0.25) is 4.79 Å². The molecule has 0 atom stereocenters. The van der Waals surface area contributed by atoms with Gasteiger partial charge in [0.15, 0.2) is 0 Å². The molecule has 1 aromatic carbocycles. The number of carbonyl (C=O) groups is 1. The average Bonchev–Trinajstić information content (AvgIpc) is 3.15. The summed E-state index contributed by atoms with van der Waals surface area (Å²) in [5.74, 6) is 1.45. The molecule has 1 aliphatic heterocycles. The summed E-state index contributed by atoms with van der Waals surface area (Å²) in [6, 6.07) is 10.9. The molecule has 0 N–H and O–H groups in total. The van der Waals surface area contributed by atoms with E-state index in [1.807, 2.05) is 24.3 Å². The number of anilines is 1. The van der Waals surface area contributed by atoms with Crippen LogP contribution in [0.1, 0.15) is 23.2 Å². The van der Waals surface area contributed by atoms with Gasteiger partial charge in [0.05, 0.1) is 12.1 Å². The van der Waals surface area contributed by atoms with Crippen molar-refractivity contribution >= 4 is 23.3 Å². The molecule has 1 aliphatic rings. The largest absolute Gasteiger partial charge is 0.492 e. The molecule has 3 rings (SSSR count). The summed E-state index contributed by atoms with van der Waals surface area (Å²) in [5.41, 5.74) is 0.648. The molecule has 1 fully saturated rings. The van der Waals surface area contributed by atoms with E-state index in [0.29, 0.717) is 29.5 Å². The second kappa shape index (κ2) is 8.21. The summed E-state index contributed by atoms with van der Waals surface area (Å²) < 4.78 is 5.67. The number of carbonyl (C=O) groups excluding carboxylic acids is 1. The van der Waals surface area contributed by atoms with E-state index in [-0.39, 0.29) is 5.91 Å². The van der Waals surface area contributed by atoms with Crippen LogP contribution in [0.5, 0.6) is 5.75 Å². The average molecular weight is 360 g/mol. The molecule has 1 amide bonds. The maximum Gasteiger partial charge on any atom is 0.257 e. The fourth-order valence-electron chi connectivity index (χ4n) is 2.91. The van der Waals surface area contributed by atoms with Crippen LogP contribution in [0, 0.1) is 0 Å². The molecule has 0 aliphatic carbocycles. The van der Waals surface area contributed by atoms with Gasteiger partial charge in [-0.05, 0) is 43.2 Å². The Hall–Kier alpha value is -2.27. The number of likely N-dealkylation sites (N-methyl/N-ethyl adjacent to an activating group) is 1. The zero-order chi connectivity index (χ0) is 17.6. The zero-order valence-electron chi connectivity index (χ0n) is 14.3. The third kappa shape index (κ3) is 4.42. The molecule has 0 spiro atoms. The molecule has 5 nitrogen and oxygen atoms in total. The van der Waals surface area contributed by atoms with Crippen molar-refractivity contribution in [3.8, 4) is 5.75 Å². The van der Waals surface area contributed by atoms with E-state index < -0.39 is 0 Å². The van der Waals surface area contributed by atoms with E-state index in [4.69, 9.17) is 16.3 Å². The van der Waals surface area contributed by atoms with Crippen LogP contribution in [0.25, 0.3) is 0 Å². The Morgan fingerprint density at radius 2 is 2.08 bits per heavy atom. The number of nitrogens with zero attached hydrogens (tertiary/aromatic N) is 3. The monoisotopic (exact) mass is 359 g/mol. The smallest absolute Gasteiger partial charge is 0.257 e. The Kier molecular flexibility index (Phi) is 5.76. The summed E-state index contributed by atoms with van der Waals surface area (Å²) in [6.45, 7) is 2.80. The van der Waals surface area contributed by atoms with Gasteiger partial charge in [-0.15, -0.1) is 0 Å². The van der Waals surface area contributed by atoms with Crippen molar-refractivity contribution in [1.82, 2.24) is 9.88 Å². The van der Waals surface area contributed by atoms with Gasteiger partial charge in [-0.2, -0.15) is 0 Å². The van der Waals surface area contributed by atoms with Gasteiger partial charge in [-0.25, -0.2) is 4.98 Å². The van der Waals surface area contributed by atoms with Crippen LogP contribution >= 0.6 is 11.6 Å². The first kappa shape index (κ1) is 17.5. The maximum absolute atomic E-state index is 12.8. The lowest BCUT2D eigenvalue weighted by molar-refractivity contribution is 0.0774. The molecule has 1 aromatic heterocycles. The lowest BCUT2D eigenvalue weighted by Crippen LogP contribution is -2.33.